The molecule has 9 nitrogen and oxygen atoms in total. The van der Waals surface area contributed by atoms with E-state index in [4.69, 9.17) is 23.0 Å². The van der Waals surface area contributed by atoms with Crippen molar-refractivity contribution in [3.63, 3.8) is 0 Å². The monoisotopic (exact) mass is 1550 g/mol. The van der Waals surface area contributed by atoms with Gasteiger partial charge in [0.15, 0.2) is 19.9 Å². The summed E-state index contributed by atoms with van der Waals surface area (Å²) in [5.74, 6) is -0.897. The van der Waals surface area contributed by atoms with E-state index in [0.29, 0.717) is 27.2 Å². The lowest BCUT2D eigenvalue weighted by molar-refractivity contribution is -0.261. The molecule has 2 bridgehead atoms. The molecule has 0 aromatic rings. The Bertz CT molecular complexity index is 1650. The zero-order chi connectivity index (χ0) is 49.6. The van der Waals surface area contributed by atoms with Gasteiger partial charge in [-0.05, 0) is 89.1 Å². The Kier molecular flexibility index (Phi) is 34.1. The van der Waals surface area contributed by atoms with Gasteiger partial charge in [-0.3, -0.25) is 4.57 Å². The van der Waals surface area contributed by atoms with E-state index in [1.807, 2.05) is 0 Å². The summed E-state index contributed by atoms with van der Waals surface area (Å²) in [6.07, 6.45) is -2.34. The molecule has 1 aliphatic heterocycles. The molecule has 0 amide bonds. The number of hydrogen-bond acceptors (Lipinski definition) is 9. The molecule has 2 N–H and O–H groups in total. The molecular weight excluding hydrogens is 1480 g/mol. The zero-order valence-corrected chi connectivity index (χ0v) is 71.7. The van der Waals surface area contributed by atoms with Crippen molar-refractivity contribution in [3.05, 3.63) is 11.1 Å². The summed E-state index contributed by atoms with van der Waals surface area (Å²) in [5, 5.41) is 25.7. The van der Waals surface area contributed by atoms with E-state index in [-0.39, 0.29) is 13.8 Å². The molecule has 1 heterocycles. The topological polar surface area (TPSA) is 121 Å². The third-order valence-electron chi connectivity index (χ3n) is 11.9. The summed E-state index contributed by atoms with van der Waals surface area (Å²) in [5.41, 5.74) is -2.66. The summed E-state index contributed by atoms with van der Waals surface area (Å²) < 4.78 is 50.0. The predicted octanol–water partition coefficient (Wildman–Crippen LogP) is 21.7. The lowest BCUT2D eigenvalue weighted by atomic mass is 9.46. The molecule has 65 heavy (non-hydrogen) atoms. The molecule has 0 aromatic heterocycles. The van der Waals surface area contributed by atoms with Crippen LogP contribution in [0.25, 0.3) is 0 Å². The molecule has 4 rings (SSSR count). The number of carbonyl (C=O) groups is 1. The largest absolute Gasteiger partial charge is 0.509 e. The van der Waals surface area contributed by atoms with Gasteiger partial charge in [0.05, 0.1) is 54.5 Å². The minimum absolute atomic E-state index is 0.0844. The second kappa shape index (κ2) is 31.3. The number of carbonyl (C=O) groups excluding carboxylic acids is 1. The van der Waals surface area contributed by atoms with Gasteiger partial charge in [0.1, 0.15) is 5.60 Å². The minimum atomic E-state index is -1.87. The molecule has 31 unspecified atom stereocenters. The lowest BCUT2D eigenvalue weighted by Gasteiger charge is -2.65. The summed E-state index contributed by atoms with van der Waals surface area (Å²) >= 11 is 0. The van der Waals surface area contributed by atoms with Crippen molar-refractivity contribution >= 4 is 290 Å². The second-order valence-electron chi connectivity index (χ2n) is 15.8. The highest BCUT2D eigenvalue weighted by Crippen LogP contribution is 3.19. The average molecular weight is 1550 g/mol. The van der Waals surface area contributed by atoms with Crippen LogP contribution in [-0.2, 0) is 27.6 Å². The predicted molar refractivity (Wildman–Crippen MR) is 391 cm³/mol. The summed E-state index contributed by atoms with van der Waals surface area (Å²) in [4.78, 5) is 14.5. The van der Waals surface area contributed by atoms with Gasteiger partial charge in [-0.15, -0.1) is 152 Å². The number of rotatable bonds is 21. The second-order valence-corrected chi connectivity index (χ2v) is 138. The van der Waals surface area contributed by atoms with Crippen LogP contribution in [0.5, 0.6) is 0 Å². The zero-order valence-electron chi connectivity index (χ0n) is 35.6. The van der Waals surface area contributed by atoms with Crippen LogP contribution in [0.2, 0.25) is 0 Å². The number of hydrogen-bond donors (Lipinski definition) is 2. The van der Waals surface area contributed by atoms with Gasteiger partial charge in [0.2, 0.25) is 0 Å². The highest BCUT2D eigenvalue weighted by Gasteiger charge is 2.77. The van der Waals surface area contributed by atoms with Gasteiger partial charge in [0.25, 0.3) is 0 Å². The fourth-order valence-electron chi connectivity index (χ4n) is 9.39. The molecule has 0 aromatic carbocycles. The third kappa shape index (κ3) is 16.3. The molecule has 3 fully saturated rings. The Balaban J connectivity index is 2.28. The van der Waals surface area contributed by atoms with Crippen LogP contribution in [0.4, 0.5) is 4.79 Å². The van der Waals surface area contributed by atoms with E-state index in [0.717, 1.165) is 5.57 Å². The first kappa shape index (κ1) is 71.0. The molecule has 2 saturated carbocycles. The van der Waals surface area contributed by atoms with Gasteiger partial charge in [-0.25, -0.2) is 4.79 Å². The average Bonchev–Trinajstić information content (AvgIpc) is 3.50. The van der Waals surface area contributed by atoms with Crippen LogP contribution in [0.3, 0.4) is 0 Å². The highest BCUT2D eigenvalue weighted by molar-refractivity contribution is 9.20. The minimum Gasteiger partial charge on any atom is -0.426 e. The maximum atomic E-state index is 14.5. The summed E-state index contributed by atoms with van der Waals surface area (Å²) in [7, 11) is 51.5. The molecule has 1 spiro atoms. The SMILES string of the molecule is CC1=C2C(OP(P(P)P)P(PP)P(P)P)C[C@]3(C)C(OP(P(P)P)P(P)P)CC(OP(P)P(P)P)C(O)(CO)C3C3OC(=O)OC3(CC1[P@](P(P=O)P(P)P)P(P(P)P)P(P)P)C2(C)C. The van der Waals surface area contributed by atoms with Crippen molar-refractivity contribution < 1.29 is 42.6 Å². The van der Waals surface area contributed by atoms with Crippen LogP contribution in [0.1, 0.15) is 47.0 Å². The van der Waals surface area contributed by atoms with Crippen molar-refractivity contribution in [2.45, 2.75) is 88.2 Å². The molecule has 44 heteroatoms. The Morgan fingerprint density at radius 3 is 1.74 bits per heavy atom. The normalized spacial score (nSPS) is 34.4. The first-order valence-electron chi connectivity index (χ1n) is 18.4. The molecule has 4 aliphatic rings. The fraction of sp³-hybridized carbons (Fsp3) is 0.857. The number of aliphatic hydroxyl groups excluding tert-OH is 1. The summed E-state index contributed by atoms with van der Waals surface area (Å²) in [6.45, 7) is 0.905. The standard InChI is InChI=1S/C21H65O9P35/c1-9-11(51(63(49-25)59(41)42)65(61(45)46)62(47)48)7-21-16(26-17(23)27-21)15-19(4,6-10(14(9)18(21,2)3)28-54(58(39)40)64(50-31)60(43)44)12(30-53(56(35)36)57(37)38)5-13(20(15,24)8-22)29-52(32)55(33)34/h10-13,15-16,22,24,50H,5-8,31-48H2,1-4H3/t10?,11?,12?,13?,15?,16?,19-,20?,21?,51-,52?,54?,63?,64?/m1/s1. The van der Waals surface area contributed by atoms with E-state index < -0.39 is 172 Å². The van der Waals surface area contributed by atoms with Crippen molar-refractivity contribution in [2.75, 3.05) is 6.61 Å². The van der Waals surface area contributed by atoms with Crippen LogP contribution in [0, 0.1) is 16.7 Å². The van der Waals surface area contributed by atoms with Crippen molar-refractivity contribution in [2.24, 2.45) is 16.7 Å². The van der Waals surface area contributed by atoms with Gasteiger partial charge >= 0.3 is 6.16 Å². The quantitative estimate of drug-likeness (QED) is 0.0657. The maximum Gasteiger partial charge on any atom is 0.509 e. The van der Waals surface area contributed by atoms with Crippen LogP contribution in [-0.4, -0.2) is 64.3 Å². The van der Waals surface area contributed by atoms with Gasteiger partial charge in [-0.2, -0.15) is 0 Å². The van der Waals surface area contributed by atoms with E-state index in [1.165, 1.54) is 5.57 Å². The Morgan fingerprint density at radius 2 is 1.31 bits per heavy atom. The van der Waals surface area contributed by atoms with Gasteiger partial charge in [0, 0.05) is 42.2 Å². The Hall–Kier alpha value is 13.5. The van der Waals surface area contributed by atoms with Crippen molar-refractivity contribution in [1.29, 1.82) is 0 Å². The van der Waals surface area contributed by atoms with Gasteiger partial charge in [-0.1, -0.05) is 43.2 Å². The highest BCUT2D eigenvalue weighted by atomic mass is 33.2. The molecule has 3 aliphatic carbocycles. The molecule has 378 valence electrons. The molecule has 1 saturated heterocycles. The van der Waals surface area contributed by atoms with Gasteiger partial charge < -0.3 is 33.3 Å². The summed E-state index contributed by atoms with van der Waals surface area (Å²) in [6, 6.07) is 0. The van der Waals surface area contributed by atoms with E-state index in [2.05, 4.69) is 188 Å². The van der Waals surface area contributed by atoms with E-state index in [1.54, 1.807) is 0 Å². The first-order valence-corrected chi connectivity index (χ1v) is 78.8. The fourth-order valence-corrected chi connectivity index (χ4v) is 219. The first-order chi connectivity index (χ1) is 29.9. The number of fused-ring (bicyclic) bond motifs is 3. The molecule has 0 radical (unpaired) electrons. The van der Waals surface area contributed by atoms with Crippen molar-refractivity contribution in [3.8, 4) is 0 Å². The van der Waals surface area contributed by atoms with E-state index in [9.17, 15) is 19.6 Å². The van der Waals surface area contributed by atoms with Crippen LogP contribution < -0.4 is 0 Å². The van der Waals surface area contributed by atoms with Crippen LogP contribution in [0.15, 0.2) is 11.1 Å². The maximum absolute atomic E-state index is 14.5. The third-order valence-corrected chi connectivity index (χ3v) is 168. The smallest absolute Gasteiger partial charge is 0.426 e. The number of ether oxygens (including phenoxy) is 2. The number of aliphatic hydroxyl groups is 2. The van der Waals surface area contributed by atoms with Crippen molar-refractivity contribution in [1.82, 2.24) is 0 Å². The molecular formula is C21H65O9P35. The Morgan fingerprint density at radius 1 is 0.754 bits per heavy atom. The van der Waals surface area contributed by atoms with E-state index >= 15 is 0 Å². The lowest BCUT2D eigenvalue weighted by Crippen LogP contribution is -2.74. The number of allylic oxidation sites excluding steroid dienone is 1. The van der Waals surface area contributed by atoms with Crippen LogP contribution >= 0.6 is 284 Å². The molecule has 33 atom stereocenters. The Labute approximate surface area is 450 Å².